The predicted molar refractivity (Wildman–Crippen MR) is 86.5 cm³/mol. The van der Waals surface area contributed by atoms with Crippen LogP contribution in [0.5, 0.6) is 0 Å². The number of benzene rings is 1. The smallest absolute Gasteiger partial charge is 0.180 e. The molecule has 0 aromatic heterocycles. The fourth-order valence-electron chi connectivity index (χ4n) is 2.69. The van der Waals surface area contributed by atoms with Gasteiger partial charge in [0, 0.05) is 38.8 Å². The second-order valence-corrected chi connectivity index (χ2v) is 7.73. The minimum absolute atomic E-state index is 0.133. The van der Waals surface area contributed by atoms with E-state index in [9.17, 15) is 8.42 Å². The Morgan fingerprint density at radius 3 is 2.38 bits per heavy atom. The van der Waals surface area contributed by atoms with E-state index in [1.807, 2.05) is 12.1 Å². The molecule has 118 valence electrons. The van der Waals surface area contributed by atoms with Gasteiger partial charge in [-0.1, -0.05) is 19.1 Å². The van der Waals surface area contributed by atoms with Crippen LogP contribution in [-0.2, 0) is 9.84 Å². The Bertz CT molecular complexity index is 566. The second-order valence-electron chi connectivity index (χ2n) is 5.48. The van der Waals surface area contributed by atoms with Crippen LogP contribution in [0.2, 0.25) is 0 Å². The molecular weight excluding hydrogens is 286 g/mol. The standard InChI is InChI=1S/C15H25N3O2S/c1-3-21(19,20)15-7-5-4-6-14(15)18-10-8-17(9-11-18)13(2)12-16/h4-7,13H,3,8-12,16H2,1-2H3. The third-order valence-corrected chi connectivity index (χ3v) is 5.98. The van der Waals surface area contributed by atoms with Crippen LogP contribution in [0.25, 0.3) is 0 Å². The Morgan fingerprint density at radius 1 is 1.19 bits per heavy atom. The fourth-order valence-corrected chi connectivity index (χ4v) is 3.80. The van der Waals surface area contributed by atoms with Crippen molar-refractivity contribution >= 4 is 15.5 Å². The van der Waals surface area contributed by atoms with E-state index in [0.717, 1.165) is 31.9 Å². The maximum absolute atomic E-state index is 12.2. The summed E-state index contributed by atoms with van der Waals surface area (Å²) in [5.74, 6) is 0.133. The van der Waals surface area contributed by atoms with Crippen molar-refractivity contribution in [3.8, 4) is 0 Å². The topological polar surface area (TPSA) is 66.6 Å². The van der Waals surface area contributed by atoms with Crippen LogP contribution >= 0.6 is 0 Å². The molecule has 1 aromatic carbocycles. The van der Waals surface area contributed by atoms with Gasteiger partial charge in [0.25, 0.3) is 0 Å². The lowest BCUT2D eigenvalue weighted by Crippen LogP contribution is -2.51. The van der Waals surface area contributed by atoms with Crippen LogP contribution in [0.3, 0.4) is 0 Å². The van der Waals surface area contributed by atoms with E-state index in [-0.39, 0.29) is 5.75 Å². The number of piperazine rings is 1. The van der Waals surface area contributed by atoms with Crippen LogP contribution in [0, 0.1) is 0 Å². The van der Waals surface area contributed by atoms with Gasteiger partial charge in [0.05, 0.1) is 16.3 Å². The summed E-state index contributed by atoms with van der Waals surface area (Å²) in [6.07, 6.45) is 0. The molecule has 1 heterocycles. The normalized spacial score (nSPS) is 18.7. The third kappa shape index (κ3) is 3.56. The number of nitrogens with two attached hydrogens (primary N) is 1. The van der Waals surface area contributed by atoms with Crippen LogP contribution < -0.4 is 10.6 Å². The van der Waals surface area contributed by atoms with Gasteiger partial charge in [-0.3, -0.25) is 4.90 Å². The number of hydrogen-bond acceptors (Lipinski definition) is 5. The molecule has 1 saturated heterocycles. The lowest BCUT2D eigenvalue weighted by atomic mass is 10.2. The zero-order chi connectivity index (χ0) is 15.5. The van der Waals surface area contributed by atoms with E-state index in [2.05, 4.69) is 16.7 Å². The van der Waals surface area contributed by atoms with Crippen LogP contribution in [-0.4, -0.2) is 57.8 Å². The van der Waals surface area contributed by atoms with E-state index in [4.69, 9.17) is 5.73 Å². The minimum Gasteiger partial charge on any atom is -0.368 e. The van der Waals surface area contributed by atoms with Gasteiger partial charge in [-0.2, -0.15) is 0 Å². The van der Waals surface area contributed by atoms with Gasteiger partial charge in [-0.05, 0) is 19.1 Å². The molecule has 1 fully saturated rings. The van der Waals surface area contributed by atoms with Gasteiger partial charge in [0.15, 0.2) is 9.84 Å². The van der Waals surface area contributed by atoms with Crippen molar-refractivity contribution in [2.24, 2.45) is 5.73 Å². The molecule has 0 spiro atoms. The van der Waals surface area contributed by atoms with Crippen molar-refractivity contribution in [1.29, 1.82) is 0 Å². The minimum atomic E-state index is -3.19. The molecule has 1 aromatic rings. The van der Waals surface area contributed by atoms with Crippen LogP contribution in [0.15, 0.2) is 29.2 Å². The summed E-state index contributed by atoms with van der Waals surface area (Å²) in [6, 6.07) is 7.69. The molecule has 6 heteroatoms. The molecule has 5 nitrogen and oxygen atoms in total. The molecule has 1 atom stereocenters. The number of anilines is 1. The fraction of sp³-hybridized carbons (Fsp3) is 0.600. The van der Waals surface area contributed by atoms with Crippen molar-refractivity contribution in [2.45, 2.75) is 24.8 Å². The molecule has 1 aliphatic heterocycles. The van der Waals surface area contributed by atoms with Gasteiger partial charge in [0.2, 0.25) is 0 Å². The van der Waals surface area contributed by atoms with Crippen LogP contribution in [0.4, 0.5) is 5.69 Å². The lowest BCUT2D eigenvalue weighted by molar-refractivity contribution is 0.201. The molecule has 21 heavy (non-hydrogen) atoms. The SMILES string of the molecule is CCS(=O)(=O)c1ccccc1N1CCN(C(C)CN)CC1. The van der Waals surface area contributed by atoms with E-state index in [1.54, 1.807) is 19.1 Å². The van der Waals surface area contributed by atoms with Gasteiger partial charge in [0.1, 0.15) is 0 Å². The zero-order valence-electron chi connectivity index (χ0n) is 12.8. The summed E-state index contributed by atoms with van der Waals surface area (Å²) < 4.78 is 24.5. The summed E-state index contributed by atoms with van der Waals surface area (Å²) in [5.41, 5.74) is 6.55. The first-order chi connectivity index (χ1) is 9.99. The Kier molecular flexibility index (Phi) is 5.24. The number of rotatable bonds is 5. The molecule has 1 unspecified atom stereocenters. The van der Waals surface area contributed by atoms with E-state index >= 15 is 0 Å². The van der Waals surface area contributed by atoms with Gasteiger partial charge in [-0.15, -0.1) is 0 Å². The summed E-state index contributed by atoms with van der Waals surface area (Å²) in [7, 11) is -3.19. The Labute approximate surface area is 127 Å². The average Bonchev–Trinajstić information content (AvgIpc) is 2.54. The molecule has 2 rings (SSSR count). The number of para-hydroxylation sites is 1. The summed E-state index contributed by atoms with van der Waals surface area (Å²) in [6.45, 7) is 7.97. The van der Waals surface area contributed by atoms with Crippen molar-refractivity contribution in [2.75, 3.05) is 43.4 Å². The largest absolute Gasteiger partial charge is 0.368 e. The van der Waals surface area contributed by atoms with E-state index in [0.29, 0.717) is 17.5 Å². The second kappa shape index (κ2) is 6.77. The maximum Gasteiger partial charge on any atom is 0.180 e. The lowest BCUT2D eigenvalue weighted by Gasteiger charge is -2.39. The Balaban J connectivity index is 2.18. The molecule has 0 saturated carbocycles. The highest BCUT2D eigenvalue weighted by molar-refractivity contribution is 7.91. The Hall–Kier alpha value is -1.11. The molecule has 0 bridgehead atoms. The van der Waals surface area contributed by atoms with E-state index < -0.39 is 9.84 Å². The molecule has 2 N–H and O–H groups in total. The van der Waals surface area contributed by atoms with Crippen molar-refractivity contribution < 1.29 is 8.42 Å². The maximum atomic E-state index is 12.2. The number of sulfone groups is 1. The Morgan fingerprint density at radius 2 is 1.81 bits per heavy atom. The van der Waals surface area contributed by atoms with Crippen LogP contribution in [0.1, 0.15) is 13.8 Å². The quantitative estimate of drug-likeness (QED) is 0.877. The first-order valence-corrected chi connectivity index (χ1v) is 9.15. The van der Waals surface area contributed by atoms with Crippen molar-refractivity contribution in [3.05, 3.63) is 24.3 Å². The molecule has 0 aliphatic carbocycles. The summed E-state index contributed by atoms with van der Waals surface area (Å²) in [4.78, 5) is 4.98. The molecule has 0 amide bonds. The zero-order valence-corrected chi connectivity index (χ0v) is 13.6. The monoisotopic (exact) mass is 311 g/mol. The highest BCUT2D eigenvalue weighted by Crippen LogP contribution is 2.27. The van der Waals surface area contributed by atoms with Gasteiger partial charge < -0.3 is 10.6 Å². The van der Waals surface area contributed by atoms with Crippen molar-refractivity contribution in [1.82, 2.24) is 4.90 Å². The third-order valence-electron chi connectivity index (χ3n) is 4.20. The molecular formula is C15H25N3O2S. The summed E-state index contributed by atoms with van der Waals surface area (Å²) in [5, 5.41) is 0. The summed E-state index contributed by atoms with van der Waals surface area (Å²) >= 11 is 0. The molecule has 0 radical (unpaired) electrons. The van der Waals surface area contributed by atoms with Gasteiger partial charge >= 0.3 is 0 Å². The van der Waals surface area contributed by atoms with E-state index in [1.165, 1.54) is 0 Å². The van der Waals surface area contributed by atoms with Crippen molar-refractivity contribution in [3.63, 3.8) is 0 Å². The molecule has 1 aliphatic rings. The number of nitrogens with zero attached hydrogens (tertiary/aromatic N) is 2. The predicted octanol–water partition coefficient (Wildman–Crippen LogP) is 0.949. The van der Waals surface area contributed by atoms with Gasteiger partial charge in [-0.25, -0.2) is 8.42 Å². The number of hydrogen-bond donors (Lipinski definition) is 1. The first kappa shape index (κ1) is 16.3. The highest BCUT2D eigenvalue weighted by Gasteiger charge is 2.24. The average molecular weight is 311 g/mol. The first-order valence-electron chi connectivity index (χ1n) is 7.50. The highest BCUT2D eigenvalue weighted by atomic mass is 32.2.